The van der Waals surface area contributed by atoms with Crippen molar-refractivity contribution >= 4 is 23.2 Å². The molecule has 0 spiro atoms. The number of nitrogens with two attached hydrogens (primary N) is 2. The average molecular weight is 299 g/mol. The number of amides is 1. The third-order valence-corrected chi connectivity index (χ3v) is 3.55. The zero-order chi connectivity index (χ0) is 14.9. The molecular weight excluding hydrogens is 280 g/mol. The molecule has 20 heavy (non-hydrogen) atoms. The Kier molecular flexibility index (Phi) is 4.40. The van der Waals surface area contributed by atoms with Crippen LogP contribution in [-0.4, -0.2) is 24.2 Å². The Hall–Kier alpha value is -1.46. The van der Waals surface area contributed by atoms with Crippen molar-refractivity contribution in [2.24, 2.45) is 5.73 Å². The zero-order valence-electron chi connectivity index (χ0n) is 11.6. The first-order valence-corrected chi connectivity index (χ1v) is 6.95. The van der Waals surface area contributed by atoms with Crippen LogP contribution in [0.2, 0.25) is 5.02 Å². The smallest absolute Gasteiger partial charge is 0.252 e. The summed E-state index contributed by atoms with van der Waals surface area (Å²) >= 11 is 6.13. The molecule has 2 atom stereocenters. The molecule has 1 saturated heterocycles. The maximum atomic E-state index is 11.5. The number of benzene rings is 1. The number of ether oxygens (including phenoxy) is 2. The number of carbonyl (C=O) groups excluding carboxylic acids is 1. The molecule has 0 aliphatic carbocycles. The van der Waals surface area contributed by atoms with E-state index in [4.69, 9.17) is 32.5 Å². The van der Waals surface area contributed by atoms with Crippen LogP contribution in [0.25, 0.3) is 0 Å². The Labute approximate surface area is 123 Å². The molecule has 0 aromatic heterocycles. The predicted octanol–water partition coefficient (Wildman–Crippen LogP) is 2.36. The molecule has 2 rings (SSSR count). The molecule has 2 unspecified atom stereocenters. The maximum absolute atomic E-state index is 11.5. The van der Waals surface area contributed by atoms with E-state index < -0.39 is 5.91 Å². The highest BCUT2D eigenvalue weighted by atomic mass is 35.5. The van der Waals surface area contributed by atoms with E-state index in [0.717, 1.165) is 12.8 Å². The van der Waals surface area contributed by atoms with Crippen molar-refractivity contribution in [2.75, 3.05) is 5.73 Å². The van der Waals surface area contributed by atoms with Crippen molar-refractivity contribution in [1.29, 1.82) is 0 Å². The summed E-state index contributed by atoms with van der Waals surface area (Å²) in [5.41, 5.74) is 11.6. The van der Waals surface area contributed by atoms with Crippen molar-refractivity contribution in [3.8, 4) is 5.75 Å². The molecule has 110 valence electrons. The van der Waals surface area contributed by atoms with E-state index in [9.17, 15) is 4.79 Å². The summed E-state index contributed by atoms with van der Waals surface area (Å²) in [6.45, 7) is 3.98. The van der Waals surface area contributed by atoms with Crippen LogP contribution >= 0.6 is 11.6 Å². The minimum Gasteiger partial charge on any atom is -0.488 e. The van der Waals surface area contributed by atoms with Crippen molar-refractivity contribution < 1.29 is 14.3 Å². The molecule has 4 N–H and O–H groups in total. The summed E-state index contributed by atoms with van der Waals surface area (Å²) in [5, 5.41) is 0.297. The SMILES string of the molecule is CC1CC(Oc2c(Cl)cc(N)cc2C(N)=O)CC(C)O1. The molecule has 1 aliphatic rings. The second-order valence-corrected chi connectivity index (χ2v) is 5.62. The lowest BCUT2D eigenvalue weighted by Crippen LogP contribution is -2.36. The first-order valence-electron chi connectivity index (χ1n) is 6.57. The lowest BCUT2D eigenvalue weighted by molar-refractivity contribution is -0.0721. The monoisotopic (exact) mass is 298 g/mol. The second-order valence-electron chi connectivity index (χ2n) is 5.21. The van der Waals surface area contributed by atoms with E-state index in [1.165, 1.54) is 6.07 Å². The van der Waals surface area contributed by atoms with Gasteiger partial charge in [0.1, 0.15) is 6.10 Å². The minimum absolute atomic E-state index is 0.0621. The number of hydrogen-bond acceptors (Lipinski definition) is 4. The lowest BCUT2D eigenvalue weighted by Gasteiger charge is -2.32. The number of anilines is 1. The fraction of sp³-hybridized carbons (Fsp3) is 0.500. The molecule has 1 amide bonds. The quantitative estimate of drug-likeness (QED) is 0.839. The Morgan fingerprint density at radius 3 is 2.50 bits per heavy atom. The van der Waals surface area contributed by atoms with Crippen molar-refractivity contribution in [2.45, 2.75) is 45.0 Å². The van der Waals surface area contributed by atoms with E-state index in [1.54, 1.807) is 6.07 Å². The van der Waals surface area contributed by atoms with Gasteiger partial charge in [-0.1, -0.05) is 11.6 Å². The fourth-order valence-corrected chi connectivity index (χ4v) is 2.80. The van der Waals surface area contributed by atoms with Gasteiger partial charge in [-0.15, -0.1) is 0 Å². The Bertz CT molecular complexity index is 511. The third kappa shape index (κ3) is 3.35. The lowest BCUT2D eigenvalue weighted by atomic mass is 10.0. The highest BCUT2D eigenvalue weighted by Crippen LogP contribution is 2.34. The second kappa shape index (κ2) is 5.89. The average Bonchev–Trinajstić information content (AvgIpc) is 2.30. The van der Waals surface area contributed by atoms with Gasteiger partial charge in [0.05, 0.1) is 22.8 Å². The largest absolute Gasteiger partial charge is 0.488 e. The summed E-state index contributed by atoms with van der Waals surface area (Å²) in [7, 11) is 0. The molecule has 1 aromatic carbocycles. The summed E-state index contributed by atoms with van der Waals surface area (Å²) in [6, 6.07) is 3.03. The third-order valence-electron chi connectivity index (χ3n) is 3.27. The van der Waals surface area contributed by atoms with Crippen LogP contribution in [0.1, 0.15) is 37.0 Å². The number of carbonyl (C=O) groups is 1. The maximum Gasteiger partial charge on any atom is 0.252 e. The van der Waals surface area contributed by atoms with Gasteiger partial charge in [0.2, 0.25) is 0 Å². The summed E-state index contributed by atoms with van der Waals surface area (Å²) in [5.74, 6) is -0.304. The van der Waals surface area contributed by atoms with E-state index in [0.29, 0.717) is 16.5 Å². The molecular formula is C14H19ClN2O3. The van der Waals surface area contributed by atoms with Crippen LogP contribution in [0.3, 0.4) is 0 Å². The number of rotatable bonds is 3. The van der Waals surface area contributed by atoms with Crippen LogP contribution in [0, 0.1) is 0 Å². The van der Waals surface area contributed by atoms with E-state index in [-0.39, 0.29) is 23.9 Å². The van der Waals surface area contributed by atoms with E-state index in [1.807, 2.05) is 13.8 Å². The van der Waals surface area contributed by atoms with E-state index in [2.05, 4.69) is 0 Å². The molecule has 0 radical (unpaired) electrons. The van der Waals surface area contributed by atoms with Crippen LogP contribution in [-0.2, 0) is 4.74 Å². The molecule has 0 saturated carbocycles. The minimum atomic E-state index is -0.609. The van der Waals surface area contributed by atoms with Gasteiger partial charge in [-0.25, -0.2) is 0 Å². The van der Waals surface area contributed by atoms with Crippen LogP contribution in [0.15, 0.2) is 12.1 Å². The first-order chi connectivity index (χ1) is 9.36. The van der Waals surface area contributed by atoms with Crippen molar-refractivity contribution in [1.82, 2.24) is 0 Å². The Morgan fingerprint density at radius 1 is 1.35 bits per heavy atom. The van der Waals surface area contributed by atoms with Gasteiger partial charge in [-0.2, -0.15) is 0 Å². The molecule has 5 nitrogen and oxygen atoms in total. The number of primary amides is 1. The molecule has 1 aliphatic heterocycles. The van der Waals surface area contributed by atoms with Gasteiger partial charge in [0.25, 0.3) is 5.91 Å². The number of halogens is 1. The van der Waals surface area contributed by atoms with Crippen LogP contribution < -0.4 is 16.2 Å². The summed E-state index contributed by atoms with van der Waals surface area (Å²) in [4.78, 5) is 11.5. The van der Waals surface area contributed by atoms with Gasteiger partial charge >= 0.3 is 0 Å². The van der Waals surface area contributed by atoms with Gasteiger partial charge < -0.3 is 20.9 Å². The van der Waals surface area contributed by atoms with Crippen LogP contribution in [0.4, 0.5) is 5.69 Å². The van der Waals surface area contributed by atoms with Gasteiger partial charge in [-0.3, -0.25) is 4.79 Å². The highest BCUT2D eigenvalue weighted by Gasteiger charge is 2.27. The molecule has 1 fully saturated rings. The van der Waals surface area contributed by atoms with Gasteiger partial charge in [0, 0.05) is 18.5 Å². The molecule has 1 heterocycles. The van der Waals surface area contributed by atoms with Crippen LogP contribution in [0.5, 0.6) is 5.75 Å². The fourth-order valence-electron chi connectivity index (χ4n) is 2.52. The van der Waals surface area contributed by atoms with Crippen molar-refractivity contribution in [3.63, 3.8) is 0 Å². The number of hydrogen-bond donors (Lipinski definition) is 2. The van der Waals surface area contributed by atoms with Crippen molar-refractivity contribution in [3.05, 3.63) is 22.7 Å². The zero-order valence-corrected chi connectivity index (χ0v) is 12.3. The van der Waals surface area contributed by atoms with E-state index >= 15 is 0 Å². The predicted molar refractivity (Wildman–Crippen MR) is 78.0 cm³/mol. The van der Waals surface area contributed by atoms with Gasteiger partial charge in [0.15, 0.2) is 5.75 Å². The first kappa shape index (κ1) is 14.9. The summed E-state index contributed by atoms with van der Waals surface area (Å²) < 4.78 is 11.6. The van der Waals surface area contributed by atoms with Gasteiger partial charge in [-0.05, 0) is 26.0 Å². The Morgan fingerprint density at radius 2 is 1.95 bits per heavy atom. The summed E-state index contributed by atoms with van der Waals surface area (Å²) in [6.07, 6.45) is 1.63. The topological polar surface area (TPSA) is 87.6 Å². The Balaban J connectivity index is 2.26. The number of nitrogen functional groups attached to an aromatic ring is 1. The molecule has 1 aromatic rings. The standard InChI is InChI=1S/C14H19ClN2O3/c1-7-3-10(4-8(2)19-7)20-13-11(14(17)18)5-9(16)6-12(13)15/h5-8,10H,3-4,16H2,1-2H3,(H2,17,18). The molecule has 6 heteroatoms. The highest BCUT2D eigenvalue weighted by molar-refractivity contribution is 6.33. The normalized spacial score (nSPS) is 26.2. The molecule has 0 bridgehead atoms.